The van der Waals surface area contributed by atoms with Gasteiger partial charge in [-0.05, 0) is 56.3 Å². The summed E-state index contributed by atoms with van der Waals surface area (Å²) in [6.45, 7) is 1.75. The van der Waals surface area contributed by atoms with Crippen molar-refractivity contribution in [2.45, 2.75) is 44.1 Å². The molecule has 0 aromatic heterocycles. The highest BCUT2D eigenvalue weighted by molar-refractivity contribution is 5.71. The number of aliphatic carboxylic acids is 1. The molecule has 29 heavy (non-hydrogen) atoms. The van der Waals surface area contributed by atoms with E-state index in [1.165, 1.54) is 25.7 Å². The Hall–Kier alpha value is -1.22. The van der Waals surface area contributed by atoms with E-state index in [9.17, 15) is 9.59 Å². The van der Waals surface area contributed by atoms with Crippen LogP contribution in [0.5, 0.6) is 0 Å². The van der Waals surface area contributed by atoms with Gasteiger partial charge in [-0.1, -0.05) is 0 Å². The zero-order chi connectivity index (χ0) is 20.3. The van der Waals surface area contributed by atoms with Gasteiger partial charge in [0.2, 0.25) is 0 Å². The Bertz CT molecular complexity index is 603. The van der Waals surface area contributed by atoms with Crippen LogP contribution in [0.3, 0.4) is 0 Å². The van der Waals surface area contributed by atoms with Gasteiger partial charge in [-0.2, -0.15) is 0 Å². The van der Waals surface area contributed by atoms with Crippen LogP contribution in [0.2, 0.25) is 0 Å². The van der Waals surface area contributed by atoms with Crippen molar-refractivity contribution in [3.8, 4) is 0 Å². The number of carboxylic acids is 1. The minimum atomic E-state index is -0.994. The number of carbonyl (C=O) groups is 2. The van der Waals surface area contributed by atoms with E-state index >= 15 is 0 Å². The Kier molecular flexibility index (Phi) is 6.44. The first kappa shape index (κ1) is 21.0. The second kappa shape index (κ2) is 8.88. The molecule has 0 amide bonds. The van der Waals surface area contributed by atoms with Crippen molar-refractivity contribution < 1.29 is 38.4 Å². The Labute approximate surface area is 171 Å². The average molecular weight is 412 g/mol. The zero-order valence-corrected chi connectivity index (χ0v) is 16.9. The fourth-order valence-electron chi connectivity index (χ4n) is 6.60. The van der Waals surface area contributed by atoms with Crippen molar-refractivity contribution in [1.29, 1.82) is 0 Å². The molecule has 0 aliphatic heterocycles. The third kappa shape index (κ3) is 4.31. The largest absolute Gasteiger partial charge is 0.480 e. The summed E-state index contributed by atoms with van der Waals surface area (Å²) in [7, 11) is 0. The molecule has 8 nitrogen and oxygen atoms in total. The highest BCUT2D eigenvalue weighted by atomic mass is 16.6. The zero-order valence-electron chi connectivity index (χ0n) is 16.9. The van der Waals surface area contributed by atoms with Gasteiger partial charge >= 0.3 is 11.9 Å². The number of fused-ring (bicyclic) bond motifs is 2. The molecule has 1 N–H and O–H groups in total. The first-order valence-corrected chi connectivity index (χ1v) is 10.8. The molecule has 5 unspecified atom stereocenters. The lowest BCUT2D eigenvalue weighted by Crippen LogP contribution is -2.60. The molecule has 3 bridgehead atoms. The fourth-order valence-corrected chi connectivity index (χ4v) is 6.60. The van der Waals surface area contributed by atoms with E-state index < -0.39 is 5.97 Å². The molecule has 4 saturated carbocycles. The minimum Gasteiger partial charge on any atom is -0.480 e. The minimum absolute atomic E-state index is 0.0165. The molecule has 4 aliphatic carbocycles. The third-order valence-corrected chi connectivity index (χ3v) is 7.34. The molecule has 8 heteroatoms. The molecule has 0 radical (unpaired) electrons. The van der Waals surface area contributed by atoms with Gasteiger partial charge in [-0.15, -0.1) is 0 Å². The van der Waals surface area contributed by atoms with Crippen molar-refractivity contribution >= 4 is 11.9 Å². The molecule has 0 aromatic carbocycles. The molecule has 4 fully saturated rings. The fraction of sp³-hybridized carbons (Fsp3) is 0.905. The van der Waals surface area contributed by atoms with Crippen LogP contribution in [0, 0.1) is 23.2 Å². The molecule has 0 aromatic rings. The number of carboxylic acid groups (broad SMARTS) is 1. The summed E-state index contributed by atoms with van der Waals surface area (Å²) < 4.78 is 26.9. The van der Waals surface area contributed by atoms with Gasteiger partial charge in [-0.3, -0.25) is 0 Å². The van der Waals surface area contributed by atoms with Gasteiger partial charge in [0.05, 0.1) is 39.6 Å². The highest BCUT2D eigenvalue weighted by Crippen LogP contribution is 2.78. The van der Waals surface area contributed by atoms with Crippen LogP contribution in [0.25, 0.3) is 0 Å². The standard InChI is InChI=1S/C21H32O8/c22-18(23)13-27-5-3-25-1-2-26-4-6-28-14-19(24)29-21-11-16-7-15-8-17(12-21)20(21,9-15)10-16/h15-17H,1-14H2,(H,22,23). The maximum atomic E-state index is 12.3. The molecule has 164 valence electrons. The lowest BCUT2D eigenvalue weighted by molar-refractivity contribution is -0.218. The number of rotatable bonds is 14. The molecule has 0 saturated heterocycles. The van der Waals surface area contributed by atoms with E-state index in [1.54, 1.807) is 0 Å². The van der Waals surface area contributed by atoms with E-state index in [2.05, 4.69) is 0 Å². The molecule has 4 aliphatic rings. The van der Waals surface area contributed by atoms with Crippen LogP contribution in [-0.4, -0.2) is 75.5 Å². The van der Waals surface area contributed by atoms with Crippen molar-refractivity contribution in [1.82, 2.24) is 0 Å². The number of ether oxygens (including phenoxy) is 5. The SMILES string of the molecule is O=C(O)COCCOCCOCCOCC(=O)OC12CC3CC4CC(C1)C2(C4)C3. The van der Waals surface area contributed by atoms with Crippen LogP contribution in [0.4, 0.5) is 0 Å². The molecule has 5 atom stereocenters. The summed E-state index contributed by atoms with van der Waals surface area (Å²) in [6, 6.07) is 0. The van der Waals surface area contributed by atoms with Crippen LogP contribution >= 0.6 is 0 Å². The van der Waals surface area contributed by atoms with Gasteiger partial charge in [0.1, 0.15) is 18.8 Å². The smallest absolute Gasteiger partial charge is 0.332 e. The molecule has 1 spiro atoms. The van der Waals surface area contributed by atoms with Gasteiger partial charge in [0.25, 0.3) is 0 Å². The molecular formula is C21H32O8. The van der Waals surface area contributed by atoms with Crippen LogP contribution in [0.1, 0.15) is 38.5 Å². The normalized spacial score (nSPS) is 36.1. The third-order valence-electron chi connectivity index (χ3n) is 7.34. The number of hydrogen-bond donors (Lipinski definition) is 1. The lowest BCUT2D eigenvalue weighted by Gasteiger charge is -2.57. The number of esters is 1. The van der Waals surface area contributed by atoms with E-state index in [0.717, 1.165) is 30.6 Å². The highest BCUT2D eigenvalue weighted by Gasteiger charge is 2.76. The summed E-state index contributed by atoms with van der Waals surface area (Å²) in [4.78, 5) is 22.6. The summed E-state index contributed by atoms with van der Waals surface area (Å²) in [6.07, 6.45) is 7.35. The first-order valence-electron chi connectivity index (χ1n) is 10.8. The van der Waals surface area contributed by atoms with Gasteiger partial charge < -0.3 is 28.8 Å². The number of carbonyl (C=O) groups excluding carboxylic acids is 1. The monoisotopic (exact) mass is 412 g/mol. The second-order valence-corrected chi connectivity index (χ2v) is 9.07. The summed E-state index contributed by atoms with van der Waals surface area (Å²) in [5, 5.41) is 8.41. The van der Waals surface area contributed by atoms with Crippen LogP contribution in [0.15, 0.2) is 0 Å². The Morgan fingerprint density at radius 3 is 2.07 bits per heavy atom. The number of hydrogen-bond acceptors (Lipinski definition) is 7. The van der Waals surface area contributed by atoms with E-state index in [-0.39, 0.29) is 31.4 Å². The Morgan fingerprint density at radius 2 is 1.38 bits per heavy atom. The second-order valence-electron chi connectivity index (χ2n) is 9.07. The van der Waals surface area contributed by atoms with Gasteiger partial charge in [-0.25, -0.2) is 9.59 Å². The lowest BCUT2D eigenvalue weighted by atomic mass is 9.52. The predicted octanol–water partition coefficient (Wildman–Crippen LogP) is 1.65. The maximum absolute atomic E-state index is 12.3. The molecule has 0 heterocycles. The first-order chi connectivity index (χ1) is 14.0. The summed E-state index contributed by atoms with van der Waals surface area (Å²) in [5.41, 5.74) is 0.119. The predicted molar refractivity (Wildman–Crippen MR) is 100 cm³/mol. The summed E-state index contributed by atoms with van der Waals surface area (Å²) >= 11 is 0. The van der Waals surface area contributed by atoms with Crippen molar-refractivity contribution in [3.05, 3.63) is 0 Å². The quantitative estimate of drug-likeness (QED) is 0.340. The molecular weight excluding hydrogens is 380 g/mol. The Morgan fingerprint density at radius 1 is 0.759 bits per heavy atom. The van der Waals surface area contributed by atoms with Gasteiger partial charge in [0.15, 0.2) is 0 Å². The average Bonchev–Trinajstić information content (AvgIpc) is 2.98. The van der Waals surface area contributed by atoms with Crippen molar-refractivity contribution in [2.24, 2.45) is 23.2 Å². The van der Waals surface area contributed by atoms with Crippen LogP contribution in [-0.2, 0) is 33.3 Å². The summed E-state index contributed by atoms with van der Waals surface area (Å²) in [5.74, 6) is 1.18. The van der Waals surface area contributed by atoms with E-state index in [1.807, 2.05) is 0 Å². The van der Waals surface area contributed by atoms with Crippen molar-refractivity contribution in [2.75, 3.05) is 52.9 Å². The van der Waals surface area contributed by atoms with E-state index in [4.69, 9.17) is 28.8 Å². The van der Waals surface area contributed by atoms with Gasteiger partial charge in [0, 0.05) is 5.41 Å². The maximum Gasteiger partial charge on any atom is 0.332 e. The van der Waals surface area contributed by atoms with Crippen LogP contribution < -0.4 is 0 Å². The van der Waals surface area contributed by atoms with Crippen molar-refractivity contribution in [3.63, 3.8) is 0 Å². The van der Waals surface area contributed by atoms with E-state index in [0.29, 0.717) is 38.4 Å². The Balaban J connectivity index is 1.01. The topological polar surface area (TPSA) is 101 Å². The molecule has 4 rings (SSSR count).